The van der Waals surface area contributed by atoms with Crippen molar-refractivity contribution in [1.82, 2.24) is 0 Å². The van der Waals surface area contributed by atoms with Gasteiger partial charge in [0, 0.05) is 5.56 Å². The number of methoxy groups -OCH3 is 1. The van der Waals surface area contributed by atoms with Crippen molar-refractivity contribution >= 4 is 41.8 Å². The molecule has 0 bridgehead atoms. The standard InChI is InChI=1S/C84H74O24/c1-3-48-93-68-65-64(51-96-81(106-65)59-42-26-11-27-43-59)100-83(71(68)103-78(89)56-36-20-8-21-37-56)107-67-63(50-95-75(86)53-30-14-5-15-31-53)99-84(73(105-80(91)58-40-24-10-25-41-58)70(67)102-77(88)55-34-18-7-19-35-55)108-66-62(49-94-74(85)52-28-12-4-13-29-52)98-82(97-61-46-44-60(92-2)45-47-61)72(104-79(90)57-38-22-9-23-39-57)69(66)101-76(87)54-32-16-6-17-33-54/h3-47,62-73,81-84H,1,48-51H2,2H3/t62-,63-,64-,65+,66-,67+,68+,69+,70+,71-,72-,73-,81?,82-,83-,84+/m1/s1. The van der Waals surface area contributed by atoms with E-state index in [0.717, 1.165) is 0 Å². The Balaban J connectivity index is 0.982. The largest absolute Gasteiger partial charge is 0.497 e. The van der Waals surface area contributed by atoms with Gasteiger partial charge in [-0.05, 0) is 109 Å². The molecule has 4 aliphatic rings. The lowest BCUT2D eigenvalue weighted by Gasteiger charge is -2.51. The number of carbonyl (C=O) groups is 7. The number of benzene rings is 9. The van der Waals surface area contributed by atoms with Gasteiger partial charge in [0.1, 0.15) is 67.4 Å². The Morgan fingerprint density at radius 1 is 0.361 bits per heavy atom. The summed E-state index contributed by atoms with van der Waals surface area (Å²) < 4.78 is 112. The first-order chi connectivity index (χ1) is 52.9. The maximum atomic E-state index is 15.3. The molecule has 0 aromatic heterocycles. The van der Waals surface area contributed by atoms with Crippen LogP contribution in [0.5, 0.6) is 11.5 Å². The first kappa shape index (κ1) is 74.6. The maximum Gasteiger partial charge on any atom is 0.338 e. The van der Waals surface area contributed by atoms with Crippen LogP contribution in [0.1, 0.15) is 84.4 Å². The van der Waals surface area contributed by atoms with Crippen LogP contribution in [-0.4, -0.2) is 167 Å². The van der Waals surface area contributed by atoms with E-state index in [1.54, 1.807) is 140 Å². The van der Waals surface area contributed by atoms with Gasteiger partial charge in [-0.2, -0.15) is 0 Å². The number of ether oxygens (including phenoxy) is 17. The molecule has 16 atom stereocenters. The summed E-state index contributed by atoms with van der Waals surface area (Å²) in [5, 5.41) is 0. The molecular formula is C84H74O24. The molecule has 9 aromatic rings. The van der Waals surface area contributed by atoms with Crippen LogP contribution in [-0.2, 0) is 71.1 Å². The molecule has 13 rings (SSSR count). The number of esters is 7. The van der Waals surface area contributed by atoms with Crippen molar-refractivity contribution in [2.75, 3.05) is 33.5 Å². The van der Waals surface area contributed by atoms with Crippen LogP contribution in [0.25, 0.3) is 0 Å². The topological polar surface area (TPSA) is 276 Å². The fraction of sp³-hybridized carbons (Fsp3) is 0.250. The third kappa shape index (κ3) is 18.4. The molecule has 0 spiro atoms. The van der Waals surface area contributed by atoms with Crippen LogP contribution < -0.4 is 9.47 Å². The summed E-state index contributed by atoms with van der Waals surface area (Å²) in [6, 6.07) is 70.3. The zero-order valence-electron chi connectivity index (χ0n) is 58.1. The number of hydrogen-bond donors (Lipinski definition) is 0. The third-order valence-electron chi connectivity index (χ3n) is 17.9. The Morgan fingerprint density at radius 2 is 0.685 bits per heavy atom. The van der Waals surface area contributed by atoms with E-state index in [4.69, 9.17) is 80.5 Å². The van der Waals surface area contributed by atoms with Crippen molar-refractivity contribution in [3.05, 3.63) is 324 Å². The summed E-state index contributed by atoms with van der Waals surface area (Å²) in [5.41, 5.74) is 0.889. The van der Waals surface area contributed by atoms with Gasteiger partial charge >= 0.3 is 41.8 Å². The summed E-state index contributed by atoms with van der Waals surface area (Å²) in [6.45, 7) is 1.99. The predicted molar refractivity (Wildman–Crippen MR) is 381 cm³/mol. The average Bonchev–Trinajstić information content (AvgIpc) is 0.753. The molecule has 554 valence electrons. The molecular weight excluding hydrogens is 1390 g/mol. The molecule has 0 saturated carbocycles. The van der Waals surface area contributed by atoms with Gasteiger partial charge in [0.25, 0.3) is 0 Å². The lowest BCUT2D eigenvalue weighted by molar-refractivity contribution is -0.392. The zero-order valence-corrected chi connectivity index (χ0v) is 58.1. The van der Waals surface area contributed by atoms with Crippen molar-refractivity contribution < 1.29 is 114 Å². The molecule has 4 aliphatic heterocycles. The lowest BCUT2D eigenvalue weighted by Crippen LogP contribution is -2.69. The van der Waals surface area contributed by atoms with Crippen molar-refractivity contribution in [3.8, 4) is 11.5 Å². The van der Waals surface area contributed by atoms with Gasteiger partial charge in [0.15, 0.2) is 43.3 Å². The van der Waals surface area contributed by atoms with Gasteiger partial charge in [-0.3, -0.25) is 0 Å². The second-order valence-corrected chi connectivity index (χ2v) is 25.0. The van der Waals surface area contributed by atoms with Crippen LogP contribution in [0.2, 0.25) is 0 Å². The average molecular weight is 1470 g/mol. The Bertz CT molecular complexity index is 4450. The van der Waals surface area contributed by atoms with E-state index < -0.39 is 153 Å². The summed E-state index contributed by atoms with van der Waals surface area (Å²) in [5.74, 6) is -6.16. The highest BCUT2D eigenvalue weighted by molar-refractivity contribution is 5.93. The van der Waals surface area contributed by atoms with Gasteiger partial charge in [-0.25, -0.2) is 33.6 Å². The van der Waals surface area contributed by atoms with Gasteiger partial charge < -0.3 is 80.5 Å². The molecule has 0 aliphatic carbocycles. The second-order valence-electron chi connectivity index (χ2n) is 25.0. The fourth-order valence-corrected chi connectivity index (χ4v) is 12.6. The number of carbonyl (C=O) groups excluding carboxylic acids is 7. The molecule has 9 aromatic carbocycles. The summed E-state index contributed by atoms with van der Waals surface area (Å²) >= 11 is 0. The molecule has 1 unspecified atom stereocenters. The minimum atomic E-state index is -2.18. The smallest absolute Gasteiger partial charge is 0.338 e. The molecule has 0 amide bonds. The minimum absolute atomic E-state index is 0.00388. The maximum absolute atomic E-state index is 15.3. The van der Waals surface area contributed by atoms with Gasteiger partial charge in [-0.15, -0.1) is 6.58 Å². The monoisotopic (exact) mass is 1470 g/mol. The summed E-state index contributed by atoms with van der Waals surface area (Å²) in [6.07, 6.45) is -25.8. The summed E-state index contributed by atoms with van der Waals surface area (Å²) in [7, 11) is 1.47. The van der Waals surface area contributed by atoms with Crippen LogP contribution in [0, 0.1) is 0 Å². The van der Waals surface area contributed by atoms with Crippen molar-refractivity contribution in [2.45, 2.75) is 98.4 Å². The highest BCUT2D eigenvalue weighted by Crippen LogP contribution is 2.42. The quantitative estimate of drug-likeness (QED) is 0.0263. The third-order valence-corrected chi connectivity index (χ3v) is 17.9. The highest BCUT2D eigenvalue weighted by atomic mass is 16.8. The van der Waals surface area contributed by atoms with Crippen molar-refractivity contribution in [1.29, 1.82) is 0 Å². The van der Waals surface area contributed by atoms with Crippen molar-refractivity contribution in [2.24, 2.45) is 0 Å². The fourth-order valence-electron chi connectivity index (χ4n) is 12.6. The Hall–Kier alpha value is -11.7. The van der Waals surface area contributed by atoms with Crippen LogP contribution >= 0.6 is 0 Å². The van der Waals surface area contributed by atoms with E-state index in [2.05, 4.69) is 6.58 Å². The molecule has 4 fully saturated rings. The van der Waals surface area contributed by atoms with Gasteiger partial charge in [0.05, 0.1) is 59.3 Å². The Labute approximate surface area is 620 Å². The number of fused-ring (bicyclic) bond motifs is 1. The van der Waals surface area contributed by atoms with Crippen LogP contribution in [0.4, 0.5) is 0 Å². The van der Waals surface area contributed by atoms with Crippen LogP contribution in [0.3, 0.4) is 0 Å². The first-order valence-electron chi connectivity index (χ1n) is 34.7. The molecule has 4 heterocycles. The van der Waals surface area contributed by atoms with E-state index in [-0.39, 0.29) is 57.9 Å². The van der Waals surface area contributed by atoms with E-state index >= 15 is 14.4 Å². The first-order valence-corrected chi connectivity index (χ1v) is 34.7. The molecule has 4 saturated heterocycles. The van der Waals surface area contributed by atoms with Crippen LogP contribution in [0.15, 0.2) is 280 Å². The van der Waals surface area contributed by atoms with E-state index in [9.17, 15) is 19.2 Å². The van der Waals surface area contributed by atoms with Gasteiger partial charge in [0.2, 0.25) is 12.4 Å². The van der Waals surface area contributed by atoms with Crippen molar-refractivity contribution in [3.63, 3.8) is 0 Å². The van der Waals surface area contributed by atoms with E-state index in [1.165, 1.54) is 110 Å². The van der Waals surface area contributed by atoms with E-state index in [1.807, 2.05) is 30.3 Å². The van der Waals surface area contributed by atoms with Gasteiger partial charge in [-0.1, -0.05) is 164 Å². The number of hydrogen-bond acceptors (Lipinski definition) is 24. The van der Waals surface area contributed by atoms with E-state index in [0.29, 0.717) is 11.3 Å². The summed E-state index contributed by atoms with van der Waals surface area (Å²) in [4.78, 5) is 104. The minimum Gasteiger partial charge on any atom is -0.497 e. The zero-order chi connectivity index (χ0) is 74.7. The molecule has 108 heavy (non-hydrogen) atoms. The second kappa shape index (κ2) is 36.1. The highest BCUT2D eigenvalue weighted by Gasteiger charge is 2.61. The molecule has 0 radical (unpaired) electrons. The normalized spacial score (nSPS) is 25.0. The molecule has 24 nitrogen and oxygen atoms in total. The number of rotatable bonds is 27. The predicted octanol–water partition coefficient (Wildman–Crippen LogP) is 11.5. The molecule has 0 N–H and O–H groups in total. The Morgan fingerprint density at radius 3 is 1.06 bits per heavy atom. The molecule has 24 heteroatoms. The SMILES string of the molecule is C=CCO[C@H]1[C@H]2OC(c3ccccc3)OC[C@H]2O[C@H](O[C@@H]2[C@H](OC(=O)c3ccccc3)[C@@H](OC(=O)c3ccccc3)[C@H](O[C@H]3[C@H](OC(=O)c4ccccc4)[C@@H](OC(=O)c4ccccc4)[C@H](Oc4ccc(OC)cc4)O[C@@H]3COC(=O)c3ccccc3)O[C@@H]2COC(=O)c2ccccc2)[C@@H]1OC(=O)c1ccccc1. The lowest BCUT2D eigenvalue weighted by atomic mass is 9.94. The Kier molecular flexibility index (Phi) is 24.9.